The predicted octanol–water partition coefficient (Wildman–Crippen LogP) is 1.34. The summed E-state index contributed by atoms with van der Waals surface area (Å²) in [6.45, 7) is 3.42. The molecule has 1 aromatic carbocycles. The normalized spacial score (nSPS) is 10.6. The minimum Gasteiger partial charge on any atom is -0.494 e. The van der Waals surface area contributed by atoms with Gasteiger partial charge in [0.15, 0.2) is 5.82 Å². The van der Waals surface area contributed by atoms with E-state index in [1.165, 1.54) is 0 Å². The first-order chi connectivity index (χ1) is 9.35. The molecule has 1 aromatic heterocycles. The van der Waals surface area contributed by atoms with E-state index in [-0.39, 0.29) is 0 Å². The molecule has 2 aromatic rings. The Bertz CT molecular complexity index is 494. The SMILES string of the molecule is CCCCOc1ccc(-n2nnnc2CCN)cc1. The maximum Gasteiger partial charge on any atom is 0.157 e. The van der Waals surface area contributed by atoms with Crippen molar-refractivity contribution in [1.82, 2.24) is 20.2 Å². The molecule has 0 amide bonds. The third-order valence-electron chi connectivity index (χ3n) is 2.75. The number of benzene rings is 1. The summed E-state index contributed by atoms with van der Waals surface area (Å²) in [6, 6.07) is 7.74. The standard InChI is InChI=1S/C13H19N5O/c1-2-3-10-19-12-6-4-11(5-7-12)18-13(8-9-14)15-16-17-18/h4-7H,2-3,8-10,14H2,1H3. The van der Waals surface area contributed by atoms with Crippen molar-refractivity contribution in [2.75, 3.05) is 13.2 Å². The summed E-state index contributed by atoms with van der Waals surface area (Å²) in [4.78, 5) is 0. The van der Waals surface area contributed by atoms with Gasteiger partial charge < -0.3 is 10.5 Å². The first-order valence-electron chi connectivity index (χ1n) is 6.55. The van der Waals surface area contributed by atoms with E-state index in [1.54, 1.807) is 4.68 Å². The smallest absolute Gasteiger partial charge is 0.157 e. The number of nitrogens with zero attached hydrogens (tertiary/aromatic N) is 4. The monoisotopic (exact) mass is 261 g/mol. The molecule has 0 aliphatic carbocycles. The van der Waals surface area contributed by atoms with Crippen LogP contribution in [0, 0.1) is 0 Å². The average molecular weight is 261 g/mol. The van der Waals surface area contributed by atoms with Crippen LogP contribution in [0.2, 0.25) is 0 Å². The van der Waals surface area contributed by atoms with Gasteiger partial charge in [-0.1, -0.05) is 13.3 Å². The largest absolute Gasteiger partial charge is 0.494 e. The van der Waals surface area contributed by atoms with Crippen LogP contribution in [0.1, 0.15) is 25.6 Å². The van der Waals surface area contributed by atoms with Gasteiger partial charge in [0.25, 0.3) is 0 Å². The number of aromatic nitrogens is 4. The molecule has 19 heavy (non-hydrogen) atoms. The predicted molar refractivity (Wildman–Crippen MR) is 72.3 cm³/mol. The fourth-order valence-corrected chi connectivity index (χ4v) is 1.71. The van der Waals surface area contributed by atoms with Gasteiger partial charge in [0.2, 0.25) is 0 Å². The van der Waals surface area contributed by atoms with Crippen LogP contribution < -0.4 is 10.5 Å². The molecule has 6 nitrogen and oxygen atoms in total. The first-order valence-corrected chi connectivity index (χ1v) is 6.55. The van der Waals surface area contributed by atoms with Gasteiger partial charge in [-0.3, -0.25) is 0 Å². The van der Waals surface area contributed by atoms with Crippen molar-refractivity contribution in [2.45, 2.75) is 26.2 Å². The molecule has 0 spiro atoms. The maximum atomic E-state index is 5.62. The van der Waals surface area contributed by atoms with Gasteiger partial charge in [-0.05, 0) is 47.7 Å². The fourth-order valence-electron chi connectivity index (χ4n) is 1.71. The highest BCUT2D eigenvalue weighted by atomic mass is 16.5. The van der Waals surface area contributed by atoms with Gasteiger partial charge in [0.05, 0.1) is 12.3 Å². The Hall–Kier alpha value is -1.95. The van der Waals surface area contributed by atoms with E-state index in [0.29, 0.717) is 13.0 Å². The molecule has 2 rings (SSSR count). The zero-order valence-electron chi connectivity index (χ0n) is 11.1. The zero-order chi connectivity index (χ0) is 13.5. The summed E-state index contributed by atoms with van der Waals surface area (Å²) in [5.41, 5.74) is 6.44. The number of hydrogen-bond donors (Lipinski definition) is 1. The Balaban J connectivity index is 2.07. The summed E-state index contributed by atoms with van der Waals surface area (Å²) in [6.07, 6.45) is 2.85. The molecule has 0 fully saturated rings. The van der Waals surface area contributed by atoms with E-state index < -0.39 is 0 Å². The topological polar surface area (TPSA) is 78.8 Å². The Morgan fingerprint density at radius 3 is 2.74 bits per heavy atom. The third kappa shape index (κ3) is 3.51. The van der Waals surface area contributed by atoms with Crippen LogP contribution in [0.15, 0.2) is 24.3 Å². The molecule has 0 aliphatic rings. The van der Waals surface area contributed by atoms with Crippen molar-refractivity contribution in [2.24, 2.45) is 5.73 Å². The average Bonchev–Trinajstić information content (AvgIpc) is 2.89. The van der Waals surface area contributed by atoms with Gasteiger partial charge in [0.1, 0.15) is 5.75 Å². The van der Waals surface area contributed by atoms with Crippen LogP contribution >= 0.6 is 0 Å². The second kappa shape index (κ2) is 6.84. The van der Waals surface area contributed by atoms with Crippen LogP contribution in [-0.4, -0.2) is 33.4 Å². The molecular weight excluding hydrogens is 242 g/mol. The second-order valence-electron chi connectivity index (χ2n) is 4.24. The Kier molecular flexibility index (Phi) is 4.85. The number of nitrogens with two attached hydrogens (primary N) is 1. The number of unbranched alkanes of at least 4 members (excludes halogenated alkanes) is 1. The lowest BCUT2D eigenvalue weighted by atomic mass is 10.3. The second-order valence-corrected chi connectivity index (χ2v) is 4.24. The lowest BCUT2D eigenvalue weighted by Crippen LogP contribution is -2.09. The van der Waals surface area contributed by atoms with E-state index in [4.69, 9.17) is 10.5 Å². The summed E-state index contributed by atoms with van der Waals surface area (Å²) in [7, 11) is 0. The zero-order valence-corrected chi connectivity index (χ0v) is 11.1. The molecule has 2 N–H and O–H groups in total. The highest BCUT2D eigenvalue weighted by Gasteiger charge is 2.07. The van der Waals surface area contributed by atoms with Gasteiger partial charge in [-0.2, -0.15) is 4.68 Å². The molecule has 0 aliphatic heterocycles. The van der Waals surface area contributed by atoms with Gasteiger partial charge in [-0.15, -0.1) is 5.10 Å². The molecule has 0 saturated heterocycles. The molecule has 102 valence electrons. The molecule has 1 heterocycles. The highest BCUT2D eigenvalue weighted by molar-refractivity contribution is 5.37. The molecule has 0 atom stereocenters. The van der Waals surface area contributed by atoms with Crippen LogP contribution in [0.4, 0.5) is 0 Å². The van der Waals surface area contributed by atoms with Crippen molar-refractivity contribution in [3.05, 3.63) is 30.1 Å². The van der Waals surface area contributed by atoms with E-state index in [0.717, 1.165) is 36.7 Å². The van der Waals surface area contributed by atoms with Crippen molar-refractivity contribution in [1.29, 1.82) is 0 Å². The van der Waals surface area contributed by atoms with Gasteiger partial charge in [-0.25, -0.2) is 0 Å². The Morgan fingerprint density at radius 1 is 1.26 bits per heavy atom. The van der Waals surface area contributed by atoms with Gasteiger partial charge >= 0.3 is 0 Å². The maximum absolute atomic E-state index is 5.62. The first kappa shape index (κ1) is 13.5. The number of rotatable bonds is 7. The van der Waals surface area contributed by atoms with Crippen LogP contribution in [0.3, 0.4) is 0 Å². The van der Waals surface area contributed by atoms with Gasteiger partial charge in [0, 0.05) is 6.42 Å². The Labute approximate surface area is 112 Å². The van der Waals surface area contributed by atoms with Crippen molar-refractivity contribution in [3.63, 3.8) is 0 Å². The molecule has 0 unspecified atom stereocenters. The number of ether oxygens (including phenoxy) is 1. The quantitative estimate of drug-likeness (QED) is 0.761. The lowest BCUT2D eigenvalue weighted by molar-refractivity contribution is 0.309. The van der Waals surface area contributed by atoms with Crippen LogP contribution in [0.25, 0.3) is 5.69 Å². The van der Waals surface area contributed by atoms with Crippen LogP contribution in [-0.2, 0) is 6.42 Å². The lowest BCUT2D eigenvalue weighted by Gasteiger charge is -2.07. The molecule has 0 bridgehead atoms. The van der Waals surface area contributed by atoms with Crippen molar-refractivity contribution >= 4 is 0 Å². The fraction of sp³-hybridized carbons (Fsp3) is 0.462. The summed E-state index contributed by atoms with van der Waals surface area (Å²) in [5, 5.41) is 11.6. The Morgan fingerprint density at radius 2 is 2.05 bits per heavy atom. The van der Waals surface area contributed by atoms with E-state index in [9.17, 15) is 0 Å². The number of tetrazole rings is 1. The van der Waals surface area contributed by atoms with Crippen molar-refractivity contribution in [3.8, 4) is 11.4 Å². The van der Waals surface area contributed by atoms with E-state index >= 15 is 0 Å². The highest BCUT2D eigenvalue weighted by Crippen LogP contribution is 2.15. The van der Waals surface area contributed by atoms with E-state index in [1.807, 2.05) is 24.3 Å². The third-order valence-corrected chi connectivity index (χ3v) is 2.75. The summed E-state index contributed by atoms with van der Waals surface area (Å²) < 4.78 is 7.31. The van der Waals surface area contributed by atoms with Crippen molar-refractivity contribution < 1.29 is 4.74 Å². The van der Waals surface area contributed by atoms with E-state index in [2.05, 4.69) is 22.4 Å². The number of hydrogen-bond acceptors (Lipinski definition) is 5. The minimum absolute atomic E-state index is 0.526. The summed E-state index contributed by atoms with van der Waals surface area (Å²) >= 11 is 0. The van der Waals surface area contributed by atoms with Crippen LogP contribution in [0.5, 0.6) is 5.75 Å². The minimum atomic E-state index is 0.526. The summed E-state index contributed by atoms with van der Waals surface area (Å²) in [5.74, 6) is 1.63. The molecule has 6 heteroatoms. The molecule has 0 saturated carbocycles. The molecule has 0 radical (unpaired) electrons. The molecular formula is C13H19N5O.